The molecule has 1 aliphatic rings. The molecule has 0 bridgehead atoms. The second-order valence-corrected chi connectivity index (χ2v) is 7.83. The van der Waals surface area contributed by atoms with E-state index in [9.17, 15) is 14.9 Å². The van der Waals surface area contributed by atoms with Gasteiger partial charge in [0.25, 0.3) is 5.91 Å². The number of nitrogens with zero attached hydrogens (tertiary/aromatic N) is 5. The molecule has 2 aromatic carbocycles. The third-order valence-electron chi connectivity index (χ3n) is 4.50. The fourth-order valence-corrected chi connectivity index (χ4v) is 4.10. The van der Waals surface area contributed by atoms with Gasteiger partial charge in [0.2, 0.25) is 0 Å². The molecule has 0 saturated heterocycles. The maximum Gasteiger partial charge on any atom is 0.309 e. The average Bonchev–Trinajstić information content (AvgIpc) is 3.22. The van der Waals surface area contributed by atoms with Gasteiger partial charge in [-0.25, -0.2) is 4.68 Å². The summed E-state index contributed by atoms with van der Waals surface area (Å²) in [6.45, 7) is 1.49. The van der Waals surface area contributed by atoms with Crippen LogP contribution in [0.3, 0.4) is 0 Å². The second-order valence-electron chi connectivity index (χ2n) is 6.58. The molecule has 1 N–H and O–H groups in total. The molecule has 31 heavy (non-hydrogen) atoms. The van der Waals surface area contributed by atoms with Gasteiger partial charge in [-0.3, -0.25) is 14.9 Å². The lowest BCUT2D eigenvalue weighted by Crippen LogP contribution is -2.32. The van der Waals surface area contributed by atoms with Gasteiger partial charge in [0.1, 0.15) is 17.6 Å². The Hall–Kier alpha value is -3.14. The number of aromatic nitrogens is 2. The number of anilines is 2. The first-order chi connectivity index (χ1) is 14.8. The van der Waals surface area contributed by atoms with Gasteiger partial charge >= 0.3 is 5.69 Å². The average molecular weight is 480 g/mol. The molecule has 1 atom stereocenters. The summed E-state index contributed by atoms with van der Waals surface area (Å²) in [6, 6.07) is 10.8. The van der Waals surface area contributed by atoms with Gasteiger partial charge in [-0.15, -0.1) is 5.10 Å². The smallest absolute Gasteiger partial charge is 0.309 e. The number of halogens is 3. The number of carbonyl (C=O) groups is 1. The zero-order chi connectivity index (χ0) is 22.3. The van der Waals surface area contributed by atoms with Crippen molar-refractivity contribution in [1.29, 1.82) is 0 Å². The van der Waals surface area contributed by atoms with Crippen molar-refractivity contribution in [3.05, 3.63) is 79.5 Å². The van der Waals surface area contributed by atoms with Crippen LogP contribution in [-0.2, 0) is 4.79 Å². The summed E-state index contributed by atoms with van der Waals surface area (Å²) in [6.07, 6.45) is 1.19. The van der Waals surface area contributed by atoms with Gasteiger partial charge < -0.3 is 5.32 Å². The predicted molar refractivity (Wildman–Crippen MR) is 119 cm³/mol. The van der Waals surface area contributed by atoms with Gasteiger partial charge in [0.15, 0.2) is 11.9 Å². The van der Waals surface area contributed by atoms with Crippen LogP contribution in [-0.4, -0.2) is 26.4 Å². The van der Waals surface area contributed by atoms with Crippen molar-refractivity contribution in [3.8, 4) is 0 Å². The number of hydrogen-bond donors (Lipinski definition) is 1. The topological polar surface area (TPSA) is 106 Å². The molecule has 0 spiro atoms. The Labute approximate surface area is 191 Å². The molecule has 0 saturated carbocycles. The van der Waals surface area contributed by atoms with Crippen molar-refractivity contribution < 1.29 is 9.72 Å². The second kappa shape index (κ2) is 8.18. The Balaban J connectivity index is 1.82. The number of benzene rings is 2. The minimum atomic E-state index is -1.10. The van der Waals surface area contributed by atoms with Crippen molar-refractivity contribution in [2.75, 3.05) is 10.3 Å². The number of nitro groups is 1. The molecular weight excluding hydrogens is 467 g/mol. The first-order valence-electron chi connectivity index (χ1n) is 8.85. The van der Waals surface area contributed by atoms with E-state index in [2.05, 4.69) is 15.5 Å². The lowest BCUT2D eigenvalue weighted by molar-refractivity contribution is -0.385. The van der Waals surface area contributed by atoms with Gasteiger partial charge in [-0.1, -0.05) is 53.0 Å². The highest BCUT2D eigenvalue weighted by Gasteiger charge is 2.41. The number of aryl methyl sites for hydroxylation is 1. The van der Waals surface area contributed by atoms with Crippen LogP contribution in [0.5, 0.6) is 0 Å². The lowest BCUT2D eigenvalue weighted by atomic mass is 10.2. The van der Waals surface area contributed by atoms with Crippen molar-refractivity contribution >= 4 is 63.6 Å². The van der Waals surface area contributed by atoms with E-state index >= 15 is 0 Å². The molecule has 1 unspecified atom stereocenters. The molecule has 1 aliphatic heterocycles. The summed E-state index contributed by atoms with van der Waals surface area (Å²) in [7, 11) is 0. The predicted octanol–water partition coefficient (Wildman–Crippen LogP) is 5.07. The van der Waals surface area contributed by atoms with E-state index in [0.29, 0.717) is 10.7 Å². The third kappa shape index (κ3) is 3.95. The summed E-state index contributed by atoms with van der Waals surface area (Å²) in [4.78, 5) is 24.1. The normalized spacial score (nSPS) is 15.9. The lowest BCUT2D eigenvalue weighted by Gasteiger charge is -2.17. The van der Waals surface area contributed by atoms with E-state index in [1.54, 1.807) is 12.1 Å². The highest BCUT2D eigenvalue weighted by molar-refractivity contribution is 6.43. The van der Waals surface area contributed by atoms with Crippen LogP contribution in [0.1, 0.15) is 11.7 Å². The standard InChI is InChI=1S/C19H13Cl3N6O3/c1-10-15(28(30)31)9-26(24-10)17-18(23-12-5-3-2-4-6-12)25-27(19(17)29)16-13(21)7-11(20)8-14(16)22/h2-9,17H,1H3,(H,23,25). The van der Waals surface area contributed by atoms with Crippen LogP contribution in [0.4, 0.5) is 17.1 Å². The van der Waals surface area contributed by atoms with Crippen LogP contribution in [0.25, 0.3) is 0 Å². The molecule has 2 heterocycles. The van der Waals surface area contributed by atoms with E-state index in [4.69, 9.17) is 34.8 Å². The Morgan fingerprint density at radius 1 is 1.13 bits per heavy atom. The zero-order valence-corrected chi connectivity index (χ0v) is 18.1. The first-order valence-corrected chi connectivity index (χ1v) is 9.99. The number of hydrogen-bond acceptors (Lipinski definition) is 6. The van der Waals surface area contributed by atoms with Crippen molar-refractivity contribution in [2.45, 2.75) is 13.0 Å². The fraction of sp³-hybridized carbons (Fsp3) is 0.105. The van der Waals surface area contributed by atoms with Crippen molar-refractivity contribution in [1.82, 2.24) is 9.78 Å². The maximum absolute atomic E-state index is 13.4. The first kappa shape index (κ1) is 21.1. The molecule has 158 valence electrons. The minimum absolute atomic E-state index is 0.122. The number of rotatable bonds is 4. The van der Waals surface area contributed by atoms with Crippen LogP contribution in [0, 0.1) is 17.0 Å². The molecule has 9 nitrogen and oxygen atoms in total. The number of hydrazone groups is 1. The largest absolute Gasteiger partial charge is 0.340 e. The summed E-state index contributed by atoms with van der Waals surface area (Å²) >= 11 is 18.6. The van der Waals surface area contributed by atoms with E-state index < -0.39 is 16.9 Å². The molecule has 1 amide bonds. The molecule has 4 rings (SSSR count). The summed E-state index contributed by atoms with van der Waals surface area (Å²) < 4.78 is 1.20. The third-order valence-corrected chi connectivity index (χ3v) is 5.30. The van der Waals surface area contributed by atoms with Gasteiger partial charge in [-0.05, 0) is 31.2 Å². The monoisotopic (exact) mass is 478 g/mol. The number of nitrogens with one attached hydrogen (secondary N) is 1. The number of amidine groups is 1. The van der Waals surface area contributed by atoms with Gasteiger partial charge in [-0.2, -0.15) is 10.1 Å². The quantitative estimate of drug-likeness (QED) is 0.415. The minimum Gasteiger partial charge on any atom is -0.340 e. The van der Waals surface area contributed by atoms with E-state index in [-0.39, 0.29) is 32.9 Å². The summed E-state index contributed by atoms with van der Waals surface area (Å²) in [5.74, 6) is -0.363. The van der Waals surface area contributed by atoms with E-state index in [0.717, 1.165) is 5.01 Å². The Morgan fingerprint density at radius 3 is 2.35 bits per heavy atom. The van der Waals surface area contributed by atoms with Crippen LogP contribution < -0.4 is 10.3 Å². The molecule has 0 aliphatic carbocycles. The number of amides is 1. The molecule has 0 radical (unpaired) electrons. The molecule has 12 heteroatoms. The Kier molecular flexibility index (Phi) is 5.57. The molecule has 1 aromatic heterocycles. The highest BCUT2D eigenvalue weighted by atomic mass is 35.5. The molecule has 0 fully saturated rings. The Morgan fingerprint density at radius 2 is 1.77 bits per heavy atom. The van der Waals surface area contributed by atoms with Crippen molar-refractivity contribution in [2.24, 2.45) is 5.10 Å². The SMILES string of the molecule is Cc1nn(C2C(=O)N(c3c(Cl)cc(Cl)cc3Cl)N=C2Nc2ccccc2)cc1[N+](=O)[O-]. The van der Waals surface area contributed by atoms with Crippen LogP contribution in [0.2, 0.25) is 15.1 Å². The maximum atomic E-state index is 13.4. The fourth-order valence-electron chi connectivity index (χ4n) is 3.13. The van der Waals surface area contributed by atoms with Crippen LogP contribution in [0.15, 0.2) is 53.8 Å². The van der Waals surface area contributed by atoms with Gasteiger partial charge in [0.05, 0.1) is 15.0 Å². The number of carbonyl (C=O) groups excluding carboxylic acids is 1. The van der Waals surface area contributed by atoms with E-state index in [1.807, 2.05) is 18.2 Å². The zero-order valence-electron chi connectivity index (χ0n) is 15.8. The Bertz CT molecular complexity index is 1200. The van der Waals surface area contributed by atoms with Crippen LogP contribution >= 0.6 is 34.8 Å². The van der Waals surface area contributed by atoms with E-state index in [1.165, 1.54) is 29.9 Å². The summed E-state index contributed by atoms with van der Waals surface area (Å²) in [5.41, 5.74) is 0.754. The molecular formula is C19H13Cl3N6O3. The summed E-state index contributed by atoms with van der Waals surface area (Å²) in [5, 5.41) is 24.5. The number of para-hydroxylation sites is 1. The highest BCUT2D eigenvalue weighted by Crippen LogP contribution is 2.40. The van der Waals surface area contributed by atoms with Gasteiger partial charge in [0, 0.05) is 10.7 Å². The van der Waals surface area contributed by atoms with Crippen molar-refractivity contribution in [3.63, 3.8) is 0 Å². The molecule has 3 aromatic rings.